The van der Waals surface area contributed by atoms with E-state index in [1.165, 1.54) is 6.26 Å². The highest BCUT2D eigenvalue weighted by Gasteiger charge is 2.18. The number of carbonyl (C=O) groups excluding carboxylic acids is 1. The topological polar surface area (TPSA) is 45.5 Å². The molecule has 1 N–H and O–H groups in total. The van der Waals surface area contributed by atoms with Gasteiger partial charge in [0.05, 0.1) is 12.4 Å². The Morgan fingerprint density at radius 2 is 1.76 bits per heavy atom. The summed E-state index contributed by atoms with van der Waals surface area (Å²) < 4.78 is 5.33. The number of hydrogen-bond donors (Lipinski definition) is 1. The lowest BCUT2D eigenvalue weighted by atomic mass is 10.1. The Bertz CT molecular complexity index is 556. The Balaban J connectivity index is 0.00000200. The molecule has 0 aliphatic carbocycles. The number of furan rings is 1. The van der Waals surface area contributed by atoms with Gasteiger partial charge < -0.3 is 9.73 Å². The molecule has 21 heavy (non-hydrogen) atoms. The maximum Gasteiger partial charge on any atom is 0.288 e. The normalized spacial score (nSPS) is 11.2. The van der Waals surface area contributed by atoms with Crippen LogP contribution in [0.5, 0.6) is 0 Å². The molecule has 0 aliphatic rings. The van der Waals surface area contributed by atoms with E-state index in [2.05, 4.69) is 5.32 Å². The summed E-state index contributed by atoms with van der Waals surface area (Å²) in [4.78, 5) is 14.1. The number of amides is 1. The fourth-order valence-electron chi connectivity index (χ4n) is 1.71. The van der Waals surface area contributed by atoms with Gasteiger partial charge in [0.15, 0.2) is 5.76 Å². The maximum atomic E-state index is 12.2. The van der Waals surface area contributed by atoms with E-state index in [0.717, 1.165) is 11.1 Å². The van der Waals surface area contributed by atoms with Gasteiger partial charge >= 0.3 is 0 Å². The molecule has 0 radical (unpaired) electrons. The fourth-order valence-corrected chi connectivity index (χ4v) is 1.71. The number of halogens is 2. The van der Waals surface area contributed by atoms with Crippen LogP contribution in [0.4, 0.5) is 0 Å². The number of rotatable bonds is 4. The Kier molecular flexibility index (Phi) is 8.10. The molecule has 1 aromatic carbocycles. The Morgan fingerprint density at radius 1 is 1.14 bits per heavy atom. The van der Waals surface area contributed by atoms with Gasteiger partial charge in [-0.15, -0.1) is 24.8 Å². The van der Waals surface area contributed by atoms with Gasteiger partial charge in [-0.2, -0.15) is 0 Å². The van der Waals surface area contributed by atoms with Crippen molar-refractivity contribution in [2.45, 2.75) is 13.1 Å². The Labute approximate surface area is 137 Å². The molecule has 6 heteroatoms. The van der Waals surface area contributed by atoms with Crippen molar-refractivity contribution in [2.75, 3.05) is 14.1 Å². The van der Waals surface area contributed by atoms with E-state index in [-0.39, 0.29) is 36.9 Å². The zero-order chi connectivity index (χ0) is 13.8. The van der Waals surface area contributed by atoms with Crippen LogP contribution in [0, 0.1) is 0 Å². The van der Waals surface area contributed by atoms with Gasteiger partial charge in [0.2, 0.25) is 0 Å². The molecule has 4 nitrogen and oxygen atoms in total. The number of benzene rings is 1. The lowest BCUT2D eigenvalue weighted by Gasteiger charge is -2.20. The van der Waals surface area contributed by atoms with Crippen LogP contribution in [0.2, 0.25) is 0 Å². The van der Waals surface area contributed by atoms with E-state index < -0.39 is 0 Å². The molecule has 0 spiro atoms. The molecule has 1 heterocycles. The van der Waals surface area contributed by atoms with Crippen molar-refractivity contribution in [2.24, 2.45) is 0 Å². The standard InChI is InChI=1S/C15H18N2O2.2ClH/c1-11(17(2)3)16-15(18)14-13(9-10-19-14)12-7-5-4-6-8-12;;/h4-11H,1-3H3,(H,16,18);2*1H. The summed E-state index contributed by atoms with van der Waals surface area (Å²) in [5.41, 5.74) is 1.78. The van der Waals surface area contributed by atoms with E-state index in [4.69, 9.17) is 4.42 Å². The maximum absolute atomic E-state index is 12.2. The summed E-state index contributed by atoms with van der Waals surface area (Å²) in [6.45, 7) is 1.92. The zero-order valence-electron chi connectivity index (χ0n) is 12.2. The molecular weight excluding hydrogens is 311 g/mol. The van der Waals surface area contributed by atoms with Gasteiger partial charge in [0.25, 0.3) is 5.91 Å². The van der Waals surface area contributed by atoms with Crippen LogP contribution in [0.25, 0.3) is 11.1 Å². The molecule has 1 aromatic heterocycles. The molecule has 0 saturated heterocycles. The van der Waals surface area contributed by atoms with Gasteiger partial charge in [0.1, 0.15) is 0 Å². The average Bonchev–Trinajstić information content (AvgIpc) is 2.88. The van der Waals surface area contributed by atoms with Crippen molar-refractivity contribution >= 4 is 30.7 Å². The highest BCUT2D eigenvalue weighted by molar-refractivity contribution is 5.98. The third-order valence-corrected chi connectivity index (χ3v) is 3.07. The van der Waals surface area contributed by atoms with Crippen LogP contribution >= 0.6 is 24.8 Å². The first-order valence-corrected chi connectivity index (χ1v) is 6.20. The molecule has 116 valence electrons. The third-order valence-electron chi connectivity index (χ3n) is 3.07. The predicted octanol–water partition coefficient (Wildman–Crippen LogP) is 3.43. The summed E-state index contributed by atoms with van der Waals surface area (Å²) in [7, 11) is 3.82. The van der Waals surface area contributed by atoms with Crippen LogP contribution in [-0.2, 0) is 0 Å². The highest BCUT2D eigenvalue weighted by atomic mass is 35.5. The minimum absolute atomic E-state index is 0. The van der Waals surface area contributed by atoms with Crippen molar-refractivity contribution in [1.29, 1.82) is 0 Å². The minimum atomic E-state index is -0.204. The smallest absolute Gasteiger partial charge is 0.288 e. The van der Waals surface area contributed by atoms with E-state index in [1.54, 1.807) is 0 Å². The van der Waals surface area contributed by atoms with Crippen molar-refractivity contribution in [3.8, 4) is 11.1 Å². The largest absolute Gasteiger partial charge is 0.459 e. The van der Waals surface area contributed by atoms with Crippen LogP contribution in [0.15, 0.2) is 47.1 Å². The second-order valence-electron chi connectivity index (χ2n) is 4.64. The molecule has 0 bridgehead atoms. The highest BCUT2D eigenvalue weighted by Crippen LogP contribution is 2.24. The van der Waals surface area contributed by atoms with Gasteiger partial charge in [-0.25, -0.2) is 0 Å². The molecular formula is C15H20Cl2N2O2. The second kappa shape index (κ2) is 8.72. The summed E-state index contributed by atoms with van der Waals surface area (Å²) in [6, 6.07) is 11.5. The first kappa shape index (κ1) is 19.5. The Hall–Kier alpha value is -1.49. The summed E-state index contributed by atoms with van der Waals surface area (Å²) in [6.07, 6.45) is 1.48. The van der Waals surface area contributed by atoms with Crippen LogP contribution < -0.4 is 5.32 Å². The van der Waals surface area contributed by atoms with E-state index in [9.17, 15) is 4.79 Å². The summed E-state index contributed by atoms with van der Waals surface area (Å²) in [5.74, 6) is 0.143. The van der Waals surface area contributed by atoms with Crippen molar-refractivity contribution < 1.29 is 9.21 Å². The predicted molar refractivity (Wildman–Crippen MR) is 89.3 cm³/mol. The molecule has 1 unspecified atom stereocenters. The monoisotopic (exact) mass is 330 g/mol. The summed E-state index contributed by atoms with van der Waals surface area (Å²) in [5, 5.41) is 2.89. The lowest BCUT2D eigenvalue weighted by Crippen LogP contribution is -2.42. The lowest BCUT2D eigenvalue weighted by molar-refractivity contribution is 0.0873. The van der Waals surface area contributed by atoms with Crippen molar-refractivity contribution in [3.63, 3.8) is 0 Å². The average molecular weight is 331 g/mol. The minimum Gasteiger partial charge on any atom is -0.459 e. The number of nitrogens with one attached hydrogen (secondary N) is 1. The number of nitrogens with zero attached hydrogens (tertiary/aromatic N) is 1. The van der Waals surface area contributed by atoms with Crippen LogP contribution in [0.3, 0.4) is 0 Å². The van der Waals surface area contributed by atoms with Crippen LogP contribution in [0.1, 0.15) is 17.5 Å². The first-order chi connectivity index (χ1) is 9.09. The quantitative estimate of drug-likeness (QED) is 0.873. The van der Waals surface area contributed by atoms with E-state index in [0.29, 0.717) is 5.76 Å². The number of hydrogen-bond acceptors (Lipinski definition) is 3. The summed E-state index contributed by atoms with van der Waals surface area (Å²) >= 11 is 0. The van der Waals surface area contributed by atoms with E-state index in [1.807, 2.05) is 62.3 Å². The molecule has 2 aromatic rings. The molecule has 2 rings (SSSR count). The van der Waals surface area contributed by atoms with Crippen molar-refractivity contribution in [3.05, 3.63) is 48.4 Å². The first-order valence-electron chi connectivity index (χ1n) is 6.20. The molecule has 1 amide bonds. The second-order valence-corrected chi connectivity index (χ2v) is 4.64. The van der Waals surface area contributed by atoms with Gasteiger partial charge in [-0.1, -0.05) is 30.3 Å². The Morgan fingerprint density at radius 3 is 2.33 bits per heavy atom. The van der Waals surface area contributed by atoms with Gasteiger partial charge in [-0.3, -0.25) is 9.69 Å². The molecule has 0 fully saturated rings. The third kappa shape index (κ3) is 4.77. The van der Waals surface area contributed by atoms with Gasteiger partial charge in [-0.05, 0) is 32.6 Å². The molecule has 0 saturated carbocycles. The van der Waals surface area contributed by atoms with Crippen molar-refractivity contribution in [1.82, 2.24) is 10.2 Å². The van der Waals surface area contributed by atoms with Crippen LogP contribution in [-0.4, -0.2) is 31.1 Å². The number of carbonyl (C=O) groups is 1. The molecule has 1 atom stereocenters. The zero-order valence-corrected chi connectivity index (χ0v) is 13.8. The fraction of sp³-hybridized carbons (Fsp3) is 0.267. The SMILES string of the molecule is CC(NC(=O)c1occc1-c1ccccc1)N(C)C.Cl.Cl. The van der Waals surface area contributed by atoms with E-state index >= 15 is 0 Å². The van der Waals surface area contributed by atoms with Gasteiger partial charge in [0, 0.05) is 5.56 Å². The molecule has 0 aliphatic heterocycles.